The first-order valence-electron chi connectivity index (χ1n) is 7.24. The van der Waals surface area contributed by atoms with E-state index >= 15 is 0 Å². The number of methoxy groups -OCH3 is 1. The number of aryl methyl sites for hydroxylation is 2. The summed E-state index contributed by atoms with van der Waals surface area (Å²) < 4.78 is 12.9. The minimum absolute atomic E-state index is 0.0978. The van der Waals surface area contributed by atoms with Gasteiger partial charge in [0.05, 0.1) is 25.6 Å². The molecule has 4 rings (SSSR count). The molecule has 1 aliphatic rings. The fourth-order valence-electron chi connectivity index (χ4n) is 3.13. The summed E-state index contributed by atoms with van der Waals surface area (Å²) in [5.74, 6) is 2.19. The first-order chi connectivity index (χ1) is 10.8. The van der Waals surface area contributed by atoms with E-state index in [-0.39, 0.29) is 5.92 Å². The van der Waals surface area contributed by atoms with Gasteiger partial charge in [-0.05, 0) is 24.5 Å². The lowest BCUT2D eigenvalue weighted by atomic mass is 10.0. The van der Waals surface area contributed by atoms with Gasteiger partial charge in [0, 0.05) is 12.6 Å². The Bertz CT molecular complexity index is 821. The average molecular weight is 296 g/mol. The number of benzene rings is 1. The molecule has 1 aromatic carbocycles. The Kier molecular flexibility index (Phi) is 2.96. The summed E-state index contributed by atoms with van der Waals surface area (Å²) in [4.78, 5) is 8.67. The van der Waals surface area contributed by atoms with Crippen LogP contribution in [0, 0.1) is 0 Å². The Morgan fingerprint density at radius 1 is 1.36 bits per heavy atom. The summed E-state index contributed by atoms with van der Waals surface area (Å²) in [7, 11) is 3.60. The third kappa shape index (κ3) is 1.91. The van der Waals surface area contributed by atoms with Crippen molar-refractivity contribution in [3.05, 3.63) is 47.7 Å². The number of nitrogens with zero attached hydrogens (tertiary/aromatic N) is 4. The Hall–Kier alpha value is -2.63. The number of fused-ring (bicyclic) bond motifs is 1. The minimum Gasteiger partial charge on any atom is -0.496 e. The summed E-state index contributed by atoms with van der Waals surface area (Å²) in [6.07, 6.45) is 5.42. The van der Waals surface area contributed by atoms with Crippen molar-refractivity contribution in [2.24, 2.45) is 7.05 Å². The highest BCUT2D eigenvalue weighted by Gasteiger charge is 2.31. The van der Waals surface area contributed by atoms with Gasteiger partial charge in [0.25, 0.3) is 0 Å². The predicted octanol–water partition coefficient (Wildman–Crippen LogP) is 2.56. The van der Waals surface area contributed by atoms with E-state index in [2.05, 4.69) is 21.2 Å². The molecule has 1 aliphatic carbocycles. The van der Waals surface area contributed by atoms with Gasteiger partial charge in [0.2, 0.25) is 11.7 Å². The van der Waals surface area contributed by atoms with Crippen molar-refractivity contribution < 1.29 is 9.26 Å². The van der Waals surface area contributed by atoms with Crippen LogP contribution in [0.25, 0.3) is 11.5 Å². The van der Waals surface area contributed by atoms with E-state index < -0.39 is 0 Å². The molecule has 112 valence electrons. The third-order valence-corrected chi connectivity index (χ3v) is 4.21. The molecule has 1 atom stereocenters. The SMILES string of the molecule is COc1cccc2c1C(c1nc(-c3cncn3C)no1)CC2. The zero-order chi connectivity index (χ0) is 15.1. The maximum atomic E-state index is 5.53. The first-order valence-corrected chi connectivity index (χ1v) is 7.24. The fourth-order valence-corrected chi connectivity index (χ4v) is 3.13. The van der Waals surface area contributed by atoms with Crippen molar-refractivity contribution in [3.63, 3.8) is 0 Å². The summed E-state index contributed by atoms with van der Waals surface area (Å²) in [6, 6.07) is 6.14. The second-order valence-electron chi connectivity index (χ2n) is 5.47. The molecule has 2 aromatic heterocycles. The maximum Gasteiger partial charge on any atom is 0.234 e. The van der Waals surface area contributed by atoms with E-state index in [9.17, 15) is 0 Å². The largest absolute Gasteiger partial charge is 0.496 e. The number of ether oxygens (including phenoxy) is 1. The van der Waals surface area contributed by atoms with Gasteiger partial charge in [0.15, 0.2) is 0 Å². The van der Waals surface area contributed by atoms with Gasteiger partial charge in [-0.3, -0.25) is 0 Å². The molecule has 0 bridgehead atoms. The predicted molar refractivity (Wildman–Crippen MR) is 79.7 cm³/mol. The van der Waals surface area contributed by atoms with E-state index in [4.69, 9.17) is 9.26 Å². The molecule has 0 aliphatic heterocycles. The van der Waals surface area contributed by atoms with Crippen molar-refractivity contribution in [2.75, 3.05) is 7.11 Å². The van der Waals surface area contributed by atoms with Crippen LogP contribution in [0.15, 0.2) is 35.2 Å². The molecule has 3 aromatic rings. The molecule has 0 spiro atoms. The zero-order valence-corrected chi connectivity index (χ0v) is 12.5. The topological polar surface area (TPSA) is 66.0 Å². The number of rotatable bonds is 3. The van der Waals surface area contributed by atoms with E-state index in [1.165, 1.54) is 11.1 Å². The van der Waals surface area contributed by atoms with Gasteiger partial charge in [-0.25, -0.2) is 4.98 Å². The number of aromatic nitrogens is 4. The van der Waals surface area contributed by atoms with E-state index in [0.29, 0.717) is 11.7 Å². The van der Waals surface area contributed by atoms with Crippen LogP contribution < -0.4 is 4.74 Å². The van der Waals surface area contributed by atoms with Gasteiger partial charge in [-0.2, -0.15) is 4.98 Å². The van der Waals surface area contributed by atoms with Crippen molar-refractivity contribution in [2.45, 2.75) is 18.8 Å². The van der Waals surface area contributed by atoms with Crippen LogP contribution in [-0.2, 0) is 13.5 Å². The smallest absolute Gasteiger partial charge is 0.234 e. The van der Waals surface area contributed by atoms with Crippen molar-refractivity contribution in [1.82, 2.24) is 19.7 Å². The second-order valence-corrected chi connectivity index (χ2v) is 5.47. The average Bonchev–Trinajstić information content (AvgIpc) is 3.24. The molecule has 0 radical (unpaired) electrons. The summed E-state index contributed by atoms with van der Waals surface area (Å²) >= 11 is 0. The number of hydrogen-bond acceptors (Lipinski definition) is 5. The Balaban J connectivity index is 1.74. The lowest BCUT2D eigenvalue weighted by Crippen LogP contribution is -2.00. The molecule has 6 heteroatoms. The van der Waals surface area contributed by atoms with Gasteiger partial charge < -0.3 is 13.8 Å². The highest BCUT2D eigenvalue weighted by molar-refractivity contribution is 5.50. The van der Waals surface area contributed by atoms with Gasteiger partial charge in [0.1, 0.15) is 11.4 Å². The lowest BCUT2D eigenvalue weighted by molar-refractivity contribution is 0.359. The van der Waals surface area contributed by atoms with Crippen molar-refractivity contribution in [1.29, 1.82) is 0 Å². The summed E-state index contributed by atoms with van der Waals surface area (Å²) in [5, 5.41) is 4.10. The van der Waals surface area contributed by atoms with E-state index in [1.807, 2.05) is 23.7 Å². The van der Waals surface area contributed by atoms with Gasteiger partial charge >= 0.3 is 0 Å². The van der Waals surface area contributed by atoms with Crippen LogP contribution in [0.3, 0.4) is 0 Å². The molecule has 6 nitrogen and oxygen atoms in total. The molecule has 0 saturated carbocycles. The number of hydrogen-bond donors (Lipinski definition) is 0. The van der Waals surface area contributed by atoms with Crippen LogP contribution in [-0.4, -0.2) is 26.8 Å². The second kappa shape index (κ2) is 4.98. The van der Waals surface area contributed by atoms with Gasteiger partial charge in [-0.1, -0.05) is 17.3 Å². The molecule has 2 heterocycles. The Morgan fingerprint density at radius 3 is 3.05 bits per heavy atom. The van der Waals surface area contributed by atoms with E-state index in [1.54, 1.807) is 19.6 Å². The minimum atomic E-state index is 0.0978. The standard InChI is InChI=1S/C16H16N4O2/c1-20-9-17-8-12(20)15-18-16(22-19-15)11-7-6-10-4-3-5-13(21-2)14(10)11/h3-5,8-9,11H,6-7H2,1-2H3. The normalized spacial score (nSPS) is 16.7. The fraction of sp³-hybridized carbons (Fsp3) is 0.312. The highest BCUT2D eigenvalue weighted by atomic mass is 16.5. The van der Waals surface area contributed by atoms with Crippen molar-refractivity contribution >= 4 is 0 Å². The van der Waals surface area contributed by atoms with Crippen molar-refractivity contribution in [3.8, 4) is 17.3 Å². The van der Waals surface area contributed by atoms with Crippen LogP contribution in [0.5, 0.6) is 5.75 Å². The Labute approximate surface area is 127 Å². The van der Waals surface area contributed by atoms with Crippen LogP contribution in [0.1, 0.15) is 29.4 Å². The molecule has 0 saturated heterocycles. The van der Waals surface area contributed by atoms with Crippen LogP contribution in [0.2, 0.25) is 0 Å². The number of imidazole rings is 1. The molecule has 22 heavy (non-hydrogen) atoms. The highest BCUT2D eigenvalue weighted by Crippen LogP contribution is 2.42. The summed E-state index contributed by atoms with van der Waals surface area (Å²) in [5.41, 5.74) is 3.31. The zero-order valence-electron chi connectivity index (χ0n) is 12.5. The first kappa shape index (κ1) is 13.1. The monoisotopic (exact) mass is 296 g/mol. The molecule has 0 amide bonds. The molecular formula is C16H16N4O2. The molecule has 0 N–H and O–H groups in total. The molecule has 0 fully saturated rings. The van der Waals surface area contributed by atoms with Crippen LogP contribution >= 0.6 is 0 Å². The third-order valence-electron chi connectivity index (χ3n) is 4.21. The molecular weight excluding hydrogens is 280 g/mol. The maximum absolute atomic E-state index is 5.53. The van der Waals surface area contributed by atoms with E-state index in [0.717, 1.165) is 24.3 Å². The Morgan fingerprint density at radius 2 is 2.27 bits per heavy atom. The molecule has 1 unspecified atom stereocenters. The van der Waals surface area contributed by atoms with Gasteiger partial charge in [-0.15, -0.1) is 0 Å². The lowest BCUT2D eigenvalue weighted by Gasteiger charge is -2.11. The quantitative estimate of drug-likeness (QED) is 0.743. The van der Waals surface area contributed by atoms with Crippen LogP contribution in [0.4, 0.5) is 0 Å². The summed E-state index contributed by atoms with van der Waals surface area (Å²) in [6.45, 7) is 0.